The monoisotopic (exact) mass is 371 g/mol. The second kappa shape index (κ2) is 9.00. The fourth-order valence-corrected chi connectivity index (χ4v) is 1.94. The number of pyridine rings is 1. The molecule has 0 bridgehead atoms. The number of nitrogens with one attached hydrogen (secondary N) is 3. The van der Waals surface area contributed by atoms with Crippen LogP contribution in [0.5, 0.6) is 0 Å². The Labute approximate surface area is 154 Å². The van der Waals surface area contributed by atoms with Crippen molar-refractivity contribution < 1.29 is 23.9 Å². The van der Waals surface area contributed by atoms with Crippen LogP contribution >= 0.6 is 0 Å². The lowest BCUT2D eigenvalue weighted by Crippen LogP contribution is -2.48. The van der Waals surface area contributed by atoms with E-state index in [4.69, 9.17) is 15.9 Å². The van der Waals surface area contributed by atoms with Gasteiger partial charge < -0.3 is 20.2 Å². The average Bonchev–Trinajstić information content (AvgIpc) is 3.10. The topological polar surface area (TPSA) is 146 Å². The number of aliphatic carboxylic acids is 1. The van der Waals surface area contributed by atoms with E-state index in [0.29, 0.717) is 5.82 Å². The SMILES string of the molecule is C#CC(CC(=O)O)NC(=O)C(C)NC(=O)c1coc(Nc2ccccn2)n1. The van der Waals surface area contributed by atoms with Crippen molar-refractivity contribution in [2.45, 2.75) is 25.4 Å². The zero-order valence-electron chi connectivity index (χ0n) is 14.3. The Morgan fingerprint density at radius 2 is 2.11 bits per heavy atom. The van der Waals surface area contributed by atoms with E-state index in [1.807, 2.05) is 0 Å². The number of amides is 2. The van der Waals surface area contributed by atoms with Crippen LogP contribution in [0.2, 0.25) is 0 Å². The van der Waals surface area contributed by atoms with Crippen LogP contribution in [-0.4, -0.2) is 44.9 Å². The van der Waals surface area contributed by atoms with Gasteiger partial charge in [-0.3, -0.25) is 19.7 Å². The molecule has 0 radical (unpaired) electrons. The summed E-state index contributed by atoms with van der Waals surface area (Å²) in [4.78, 5) is 42.9. The van der Waals surface area contributed by atoms with E-state index >= 15 is 0 Å². The van der Waals surface area contributed by atoms with Crippen molar-refractivity contribution in [1.82, 2.24) is 20.6 Å². The van der Waals surface area contributed by atoms with Gasteiger partial charge in [0.1, 0.15) is 24.2 Å². The summed E-state index contributed by atoms with van der Waals surface area (Å²) < 4.78 is 5.14. The number of aromatic nitrogens is 2. The summed E-state index contributed by atoms with van der Waals surface area (Å²) >= 11 is 0. The highest BCUT2D eigenvalue weighted by Crippen LogP contribution is 2.13. The molecule has 4 N–H and O–H groups in total. The molecule has 0 aromatic carbocycles. The van der Waals surface area contributed by atoms with Crippen LogP contribution in [-0.2, 0) is 9.59 Å². The molecule has 2 rings (SSSR count). The molecule has 2 atom stereocenters. The normalized spacial score (nSPS) is 12.3. The molecular weight excluding hydrogens is 354 g/mol. The Hall–Kier alpha value is -3.87. The smallest absolute Gasteiger partial charge is 0.306 e. The maximum absolute atomic E-state index is 12.2. The first-order chi connectivity index (χ1) is 12.9. The summed E-state index contributed by atoms with van der Waals surface area (Å²) in [5.74, 6) is 0.230. The quantitative estimate of drug-likeness (QED) is 0.491. The second-order valence-electron chi connectivity index (χ2n) is 5.40. The number of hydrogen-bond acceptors (Lipinski definition) is 7. The first-order valence-electron chi connectivity index (χ1n) is 7.81. The number of anilines is 2. The van der Waals surface area contributed by atoms with Crippen molar-refractivity contribution in [3.8, 4) is 12.3 Å². The molecule has 2 amide bonds. The molecule has 0 fully saturated rings. The first kappa shape index (κ1) is 19.5. The van der Waals surface area contributed by atoms with Crippen LogP contribution < -0.4 is 16.0 Å². The van der Waals surface area contributed by atoms with Crippen molar-refractivity contribution in [2.24, 2.45) is 0 Å². The molecule has 0 aliphatic rings. The number of carboxylic acids is 1. The second-order valence-corrected chi connectivity index (χ2v) is 5.40. The third-order valence-electron chi connectivity index (χ3n) is 3.27. The number of oxazole rings is 1. The minimum Gasteiger partial charge on any atom is -0.481 e. The number of hydrogen-bond donors (Lipinski definition) is 4. The fraction of sp³-hybridized carbons (Fsp3) is 0.235. The molecule has 2 heterocycles. The molecule has 2 aromatic rings. The molecule has 0 aliphatic carbocycles. The number of carbonyl (C=O) groups excluding carboxylic acids is 2. The van der Waals surface area contributed by atoms with Crippen LogP contribution in [0.15, 0.2) is 35.1 Å². The van der Waals surface area contributed by atoms with Gasteiger partial charge in [0.15, 0.2) is 5.69 Å². The third kappa shape index (κ3) is 5.86. The summed E-state index contributed by atoms with van der Waals surface area (Å²) in [6, 6.07) is 3.31. The van der Waals surface area contributed by atoms with Gasteiger partial charge in [-0.05, 0) is 19.1 Å². The van der Waals surface area contributed by atoms with Gasteiger partial charge in [0.05, 0.1) is 6.42 Å². The van der Waals surface area contributed by atoms with Crippen LogP contribution in [0.25, 0.3) is 0 Å². The molecule has 0 spiro atoms. The molecule has 27 heavy (non-hydrogen) atoms. The number of rotatable bonds is 8. The summed E-state index contributed by atoms with van der Waals surface area (Å²) in [6.45, 7) is 1.43. The van der Waals surface area contributed by atoms with E-state index in [1.54, 1.807) is 24.4 Å². The summed E-state index contributed by atoms with van der Waals surface area (Å²) in [5.41, 5.74) is -0.0490. The lowest BCUT2D eigenvalue weighted by atomic mass is 10.2. The Morgan fingerprint density at radius 3 is 2.74 bits per heavy atom. The van der Waals surface area contributed by atoms with E-state index in [1.165, 1.54) is 6.92 Å². The van der Waals surface area contributed by atoms with Gasteiger partial charge >= 0.3 is 12.0 Å². The molecule has 140 valence electrons. The van der Waals surface area contributed by atoms with Gasteiger partial charge in [0.25, 0.3) is 5.91 Å². The maximum Gasteiger partial charge on any atom is 0.306 e. The van der Waals surface area contributed by atoms with Gasteiger partial charge in [-0.1, -0.05) is 12.0 Å². The Balaban J connectivity index is 1.91. The van der Waals surface area contributed by atoms with E-state index in [2.05, 4.69) is 31.8 Å². The number of carbonyl (C=O) groups is 3. The zero-order chi connectivity index (χ0) is 19.8. The van der Waals surface area contributed by atoms with Gasteiger partial charge in [-0.2, -0.15) is 4.98 Å². The number of carboxylic acid groups (broad SMARTS) is 1. The van der Waals surface area contributed by atoms with Crippen LogP contribution in [0.1, 0.15) is 23.8 Å². The number of nitrogens with zero attached hydrogens (tertiary/aromatic N) is 2. The van der Waals surface area contributed by atoms with Crippen LogP contribution in [0, 0.1) is 12.3 Å². The molecular formula is C17H17N5O5. The fourth-order valence-electron chi connectivity index (χ4n) is 1.94. The van der Waals surface area contributed by atoms with Crippen molar-refractivity contribution in [3.63, 3.8) is 0 Å². The predicted molar refractivity (Wildman–Crippen MR) is 94.0 cm³/mol. The average molecular weight is 371 g/mol. The molecule has 10 nitrogen and oxygen atoms in total. The van der Waals surface area contributed by atoms with Crippen molar-refractivity contribution in [3.05, 3.63) is 36.4 Å². The molecule has 2 unspecified atom stereocenters. The van der Waals surface area contributed by atoms with Crippen LogP contribution in [0.4, 0.5) is 11.8 Å². The molecule has 2 aromatic heterocycles. The Bertz CT molecular complexity index is 858. The highest BCUT2D eigenvalue weighted by atomic mass is 16.4. The molecule has 0 saturated heterocycles. The highest BCUT2D eigenvalue weighted by Gasteiger charge is 2.22. The van der Waals surface area contributed by atoms with Crippen molar-refractivity contribution >= 4 is 29.6 Å². The highest BCUT2D eigenvalue weighted by molar-refractivity contribution is 5.96. The summed E-state index contributed by atoms with van der Waals surface area (Å²) in [6.07, 6.45) is 7.46. The van der Waals surface area contributed by atoms with Gasteiger partial charge in [0.2, 0.25) is 5.91 Å². The van der Waals surface area contributed by atoms with Crippen molar-refractivity contribution in [2.75, 3.05) is 5.32 Å². The zero-order valence-corrected chi connectivity index (χ0v) is 14.3. The van der Waals surface area contributed by atoms with Crippen molar-refractivity contribution in [1.29, 1.82) is 0 Å². The first-order valence-corrected chi connectivity index (χ1v) is 7.81. The van der Waals surface area contributed by atoms with E-state index in [-0.39, 0.29) is 11.7 Å². The lowest BCUT2D eigenvalue weighted by molar-refractivity contribution is -0.137. The minimum atomic E-state index is -1.15. The Morgan fingerprint density at radius 1 is 1.33 bits per heavy atom. The summed E-state index contributed by atoms with van der Waals surface area (Å²) in [5, 5.41) is 16.3. The third-order valence-corrected chi connectivity index (χ3v) is 3.27. The summed E-state index contributed by atoms with van der Waals surface area (Å²) in [7, 11) is 0. The minimum absolute atomic E-state index is 0.0490. The van der Waals surface area contributed by atoms with Gasteiger partial charge in [0, 0.05) is 6.20 Å². The standard InChI is InChI=1S/C17H17N5O5/c1-3-11(8-14(23)24)20-15(25)10(2)19-16(26)12-9-27-17(21-12)22-13-6-4-5-7-18-13/h1,4-7,9-11H,8H2,2H3,(H,19,26)(H,20,25)(H,23,24)(H,18,21,22). The van der Waals surface area contributed by atoms with Gasteiger partial charge in [-0.15, -0.1) is 6.42 Å². The number of terminal acetylenes is 1. The van der Waals surface area contributed by atoms with E-state index < -0.39 is 36.3 Å². The maximum atomic E-state index is 12.2. The Kier molecular flexibility index (Phi) is 6.49. The molecule has 10 heteroatoms. The largest absolute Gasteiger partial charge is 0.481 e. The van der Waals surface area contributed by atoms with E-state index in [9.17, 15) is 14.4 Å². The lowest BCUT2D eigenvalue weighted by Gasteiger charge is -2.16. The van der Waals surface area contributed by atoms with Gasteiger partial charge in [-0.25, -0.2) is 4.98 Å². The molecule has 0 aliphatic heterocycles. The van der Waals surface area contributed by atoms with E-state index in [0.717, 1.165) is 6.26 Å². The predicted octanol–water partition coefficient (Wildman–Crippen LogP) is 0.524. The van der Waals surface area contributed by atoms with Crippen LogP contribution in [0.3, 0.4) is 0 Å². The molecule has 0 saturated carbocycles.